The van der Waals surface area contributed by atoms with E-state index in [1.165, 1.54) is 0 Å². The molecule has 1 saturated carbocycles. The number of carbonyl (C=O) groups excluding carboxylic acids is 1. The molecule has 3 atom stereocenters. The Kier molecular flexibility index (Phi) is 2.80. The lowest BCUT2D eigenvalue weighted by molar-refractivity contribution is -0.142. The number of nitrogens with zero attached hydrogens (tertiary/aromatic N) is 2. The first-order chi connectivity index (χ1) is 9.08. The molecule has 1 aromatic heterocycles. The average molecular weight is 264 g/mol. The molecular weight excluding hydrogens is 248 g/mol. The third kappa shape index (κ3) is 2.11. The molecule has 102 valence electrons. The molecule has 3 rings (SSSR count). The van der Waals surface area contributed by atoms with Crippen molar-refractivity contribution in [2.75, 3.05) is 6.54 Å². The van der Waals surface area contributed by atoms with Crippen molar-refractivity contribution in [3.05, 3.63) is 17.5 Å². The van der Waals surface area contributed by atoms with Gasteiger partial charge in [-0.3, -0.25) is 9.59 Å². The van der Waals surface area contributed by atoms with Gasteiger partial charge < -0.3 is 14.5 Å². The smallest absolute Gasteiger partial charge is 0.307 e. The van der Waals surface area contributed by atoms with Crippen molar-refractivity contribution in [2.45, 2.75) is 32.2 Å². The van der Waals surface area contributed by atoms with Gasteiger partial charge in [0.15, 0.2) is 5.76 Å². The predicted octanol–water partition coefficient (Wildman–Crippen LogP) is 1.37. The third-order valence-corrected chi connectivity index (χ3v) is 3.94. The molecule has 1 aliphatic heterocycles. The second-order valence-corrected chi connectivity index (χ2v) is 5.35. The fourth-order valence-corrected chi connectivity index (χ4v) is 2.82. The highest BCUT2D eigenvalue weighted by atomic mass is 16.5. The summed E-state index contributed by atoms with van der Waals surface area (Å²) in [5, 5.41) is 12.8. The minimum Gasteiger partial charge on any atom is -0.481 e. The second kappa shape index (κ2) is 4.36. The summed E-state index contributed by atoms with van der Waals surface area (Å²) < 4.78 is 5.24. The Bertz CT molecular complexity index is 524. The van der Waals surface area contributed by atoms with Crippen molar-refractivity contribution in [1.29, 1.82) is 0 Å². The summed E-state index contributed by atoms with van der Waals surface area (Å²) in [7, 11) is 0. The Morgan fingerprint density at radius 3 is 2.84 bits per heavy atom. The van der Waals surface area contributed by atoms with E-state index < -0.39 is 11.9 Å². The van der Waals surface area contributed by atoms with Crippen LogP contribution in [0.1, 0.15) is 36.8 Å². The van der Waals surface area contributed by atoms with Gasteiger partial charge in [0, 0.05) is 12.6 Å². The molecule has 19 heavy (non-hydrogen) atoms. The van der Waals surface area contributed by atoms with Crippen LogP contribution in [-0.2, 0) is 9.59 Å². The van der Waals surface area contributed by atoms with Crippen molar-refractivity contribution in [1.82, 2.24) is 10.1 Å². The maximum atomic E-state index is 12.3. The second-order valence-electron chi connectivity index (χ2n) is 5.35. The molecule has 0 spiro atoms. The van der Waals surface area contributed by atoms with E-state index in [0.29, 0.717) is 18.7 Å². The number of aromatic nitrogens is 1. The van der Waals surface area contributed by atoms with Gasteiger partial charge in [0.05, 0.1) is 23.6 Å². The highest BCUT2D eigenvalue weighted by Gasteiger charge is 2.51. The summed E-state index contributed by atoms with van der Waals surface area (Å²) in [5.41, 5.74) is 0.795. The maximum Gasteiger partial charge on any atom is 0.307 e. The molecule has 2 aliphatic rings. The van der Waals surface area contributed by atoms with Crippen molar-refractivity contribution >= 4 is 11.9 Å². The molecule has 2 heterocycles. The fraction of sp³-hybridized carbons (Fsp3) is 0.615. The van der Waals surface area contributed by atoms with Crippen LogP contribution in [0.4, 0.5) is 0 Å². The summed E-state index contributed by atoms with van der Waals surface area (Å²) in [4.78, 5) is 24.9. The SMILES string of the molecule is Cc1cc(C2CCCN2C(=O)[C@@H]2C[C@@H]2C(=O)O)on1. The molecule has 0 radical (unpaired) electrons. The van der Waals surface area contributed by atoms with Gasteiger partial charge in [-0.25, -0.2) is 0 Å². The van der Waals surface area contributed by atoms with Crippen molar-refractivity contribution in [3.63, 3.8) is 0 Å². The summed E-state index contributed by atoms with van der Waals surface area (Å²) in [6.07, 6.45) is 2.23. The van der Waals surface area contributed by atoms with Gasteiger partial charge in [0.2, 0.25) is 5.91 Å². The van der Waals surface area contributed by atoms with E-state index in [4.69, 9.17) is 9.63 Å². The average Bonchev–Trinajstić information content (AvgIpc) is 2.82. The summed E-state index contributed by atoms with van der Waals surface area (Å²) in [5.74, 6) is -1.06. The standard InChI is InChI=1S/C13H16N2O4/c1-7-5-11(19-14-7)10-3-2-4-15(10)12(16)8-6-9(8)13(17)18/h5,8-10H,2-4,6H2,1H3,(H,17,18)/t8-,9+,10?/m1/s1. The van der Waals surface area contributed by atoms with Gasteiger partial charge in [0.25, 0.3) is 0 Å². The van der Waals surface area contributed by atoms with Gasteiger partial charge in [-0.2, -0.15) is 0 Å². The molecule has 1 unspecified atom stereocenters. The molecule has 1 aromatic rings. The molecule has 6 heteroatoms. The Labute approximate surface area is 110 Å². The van der Waals surface area contributed by atoms with Crippen LogP contribution in [0.15, 0.2) is 10.6 Å². The van der Waals surface area contributed by atoms with E-state index in [9.17, 15) is 9.59 Å². The van der Waals surface area contributed by atoms with Crippen LogP contribution in [0.25, 0.3) is 0 Å². The van der Waals surface area contributed by atoms with Crippen LogP contribution >= 0.6 is 0 Å². The lowest BCUT2D eigenvalue weighted by Gasteiger charge is -2.22. The number of carbonyl (C=O) groups is 2. The summed E-state index contributed by atoms with van der Waals surface area (Å²) in [6, 6.07) is 1.77. The number of amides is 1. The maximum absolute atomic E-state index is 12.3. The minimum absolute atomic E-state index is 0.0519. The van der Waals surface area contributed by atoms with E-state index in [1.54, 1.807) is 4.90 Å². The van der Waals surface area contributed by atoms with Crippen molar-refractivity contribution in [2.24, 2.45) is 11.8 Å². The number of aryl methyl sites for hydroxylation is 1. The predicted molar refractivity (Wildman–Crippen MR) is 64.2 cm³/mol. The zero-order valence-corrected chi connectivity index (χ0v) is 10.7. The first kappa shape index (κ1) is 12.2. The fourth-order valence-electron chi connectivity index (χ4n) is 2.82. The van der Waals surface area contributed by atoms with Gasteiger partial charge in [0.1, 0.15) is 0 Å². The highest BCUT2D eigenvalue weighted by molar-refractivity contribution is 5.89. The first-order valence-corrected chi connectivity index (χ1v) is 6.54. The van der Waals surface area contributed by atoms with E-state index in [2.05, 4.69) is 5.16 Å². The van der Waals surface area contributed by atoms with Crippen LogP contribution in [0, 0.1) is 18.8 Å². The molecule has 0 aromatic carbocycles. The monoisotopic (exact) mass is 264 g/mol. The van der Waals surface area contributed by atoms with Crippen LogP contribution < -0.4 is 0 Å². The van der Waals surface area contributed by atoms with Crippen LogP contribution in [0.5, 0.6) is 0 Å². The van der Waals surface area contributed by atoms with Crippen LogP contribution in [0.2, 0.25) is 0 Å². The van der Waals surface area contributed by atoms with Crippen LogP contribution in [0.3, 0.4) is 0 Å². The molecular formula is C13H16N2O4. The molecule has 1 aliphatic carbocycles. The van der Waals surface area contributed by atoms with Crippen molar-refractivity contribution in [3.8, 4) is 0 Å². The minimum atomic E-state index is -0.871. The lowest BCUT2D eigenvalue weighted by Crippen LogP contribution is -2.32. The normalized spacial score (nSPS) is 29.5. The van der Waals surface area contributed by atoms with Gasteiger partial charge >= 0.3 is 5.97 Å². The van der Waals surface area contributed by atoms with Crippen LogP contribution in [-0.4, -0.2) is 33.6 Å². The molecule has 6 nitrogen and oxygen atoms in total. The summed E-state index contributed by atoms with van der Waals surface area (Å²) in [6.45, 7) is 2.52. The van der Waals surface area contributed by atoms with E-state index in [1.807, 2.05) is 13.0 Å². The first-order valence-electron chi connectivity index (χ1n) is 6.54. The number of likely N-dealkylation sites (tertiary alicyclic amines) is 1. The lowest BCUT2D eigenvalue weighted by atomic mass is 10.1. The topological polar surface area (TPSA) is 83.6 Å². The van der Waals surface area contributed by atoms with Crippen molar-refractivity contribution < 1.29 is 19.2 Å². The van der Waals surface area contributed by atoms with E-state index in [-0.39, 0.29) is 17.9 Å². The molecule has 1 saturated heterocycles. The zero-order valence-electron chi connectivity index (χ0n) is 10.7. The highest BCUT2D eigenvalue weighted by Crippen LogP contribution is 2.43. The Morgan fingerprint density at radius 2 is 2.26 bits per heavy atom. The quantitative estimate of drug-likeness (QED) is 0.891. The van der Waals surface area contributed by atoms with Gasteiger partial charge in [-0.15, -0.1) is 0 Å². The number of carboxylic acid groups (broad SMARTS) is 1. The number of hydrogen-bond donors (Lipinski definition) is 1. The molecule has 1 amide bonds. The number of hydrogen-bond acceptors (Lipinski definition) is 4. The molecule has 1 N–H and O–H groups in total. The van der Waals surface area contributed by atoms with Gasteiger partial charge in [-0.05, 0) is 26.2 Å². The third-order valence-electron chi connectivity index (χ3n) is 3.94. The number of carboxylic acids is 1. The Morgan fingerprint density at radius 1 is 1.47 bits per heavy atom. The summed E-state index contributed by atoms with van der Waals surface area (Å²) >= 11 is 0. The van der Waals surface area contributed by atoms with E-state index >= 15 is 0 Å². The Balaban J connectivity index is 1.73. The van der Waals surface area contributed by atoms with Gasteiger partial charge in [-0.1, -0.05) is 5.16 Å². The molecule has 2 fully saturated rings. The Hall–Kier alpha value is -1.85. The zero-order chi connectivity index (χ0) is 13.6. The number of aliphatic carboxylic acids is 1. The number of rotatable bonds is 3. The largest absolute Gasteiger partial charge is 0.481 e. The van der Waals surface area contributed by atoms with E-state index in [0.717, 1.165) is 18.5 Å². The molecule has 0 bridgehead atoms.